The van der Waals surface area contributed by atoms with Crippen molar-refractivity contribution < 1.29 is 9.53 Å². The number of hydrogen-bond acceptors (Lipinski definition) is 6. The highest BCUT2D eigenvalue weighted by atomic mass is 16.5. The van der Waals surface area contributed by atoms with Crippen LogP contribution >= 0.6 is 0 Å². The smallest absolute Gasteiger partial charge is 0.253 e. The van der Waals surface area contributed by atoms with Gasteiger partial charge >= 0.3 is 0 Å². The predicted molar refractivity (Wildman–Crippen MR) is 113 cm³/mol. The molecule has 4 rings (SSSR count). The molecular formula is C22H25N5O2. The van der Waals surface area contributed by atoms with E-state index in [0.717, 1.165) is 29.7 Å². The number of carbonyl (C=O) groups excluding carboxylic acids is 1. The average Bonchev–Trinajstić information content (AvgIpc) is 2.75. The van der Waals surface area contributed by atoms with Crippen LogP contribution in [0.15, 0.2) is 48.5 Å². The number of hydrogen-bond donors (Lipinski definition) is 1. The maximum Gasteiger partial charge on any atom is 0.253 e. The normalized spacial score (nSPS) is 14.9. The molecule has 2 heterocycles. The molecule has 7 heteroatoms. The molecule has 1 amide bonds. The van der Waals surface area contributed by atoms with Crippen molar-refractivity contribution in [2.24, 2.45) is 0 Å². The van der Waals surface area contributed by atoms with Crippen LogP contribution < -0.4 is 10.5 Å². The van der Waals surface area contributed by atoms with Crippen LogP contribution in [0.2, 0.25) is 0 Å². The second-order valence-electron chi connectivity index (χ2n) is 7.07. The van der Waals surface area contributed by atoms with E-state index in [-0.39, 0.29) is 5.91 Å². The van der Waals surface area contributed by atoms with Gasteiger partial charge in [-0.1, -0.05) is 12.1 Å². The second kappa shape index (κ2) is 8.45. The Bertz CT molecular complexity index is 998. The lowest BCUT2D eigenvalue weighted by Crippen LogP contribution is -2.48. The van der Waals surface area contributed by atoms with E-state index in [1.807, 2.05) is 60.4 Å². The van der Waals surface area contributed by atoms with E-state index in [1.165, 1.54) is 0 Å². The van der Waals surface area contributed by atoms with Crippen LogP contribution in [0.5, 0.6) is 5.75 Å². The Kier molecular flexibility index (Phi) is 5.57. The Balaban J connectivity index is 1.36. The van der Waals surface area contributed by atoms with Crippen LogP contribution in [0.3, 0.4) is 0 Å². The van der Waals surface area contributed by atoms with E-state index >= 15 is 0 Å². The summed E-state index contributed by atoms with van der Waals surface area (Å²) >= 11 is 0. The molecule has 1 saturated heterocycles. The zero-order chi connectivity index (χ0) is 20.2. The maximum absolute atomic E-state index is 12.8. The number of rotatable bonds is 5. The fourth-order valence-corrected chi connectivity index (χ4v) is 3.57. The Morgan fingerprint density at radius 1 is 1.03 bits per heavy atom. The maximum atomic E-state index is 12.8. The van der Waals surface area contributed by atoms with E-state index in [2.05, 4.69) is 14.9 Å². The van der Waals surface area contributed by atoms with Crippen LogP contribution in [-0.2, 0) is 6.54 Å². The van der Waals surface area contributed by atoms with Crippen molar-refractivity contribution in [1.82, 2.24) is 19.8 Å². The van der Waals surface area contributed by atoms with Crippen LogP contribution in [0.1, 0.15) is 23.1 Å². The number of fused-ring (bicyclic) bond motifs is 1. The lowest BCUT2D eigenvalue weighted by molar-refractivity contribution is 0.0625. The molecule has 3 aromatic rings. The lowest BCUT2D eigenvalue weighted by Gasteiger charge is -2.34. The molecule has 0 radical (unpaired) electrons. The molecule has 0 atom stereocenters. The van der Waals surface area contributed by atoms with Gasteiger partial charge in [-0.25, -0.2) is 9.97 Å². The van der Waals surface area contributed by atoms with Crippen LogP contribution in [0.4, 0.5) is 5.82 Å². The minimum Gasteiger partial charge on any atom is -0.494 e. The zero-order valence-corrected chi connectivity index (χ0v) is 16.5. The van der Waals surface area contributed by atoms with Gasteiger partial charge in [0.2, 0.25) is 0 Å². The fraction of sp³-hybridized carbons (Fsp3) is 0.318. The Labute approximate surface area is 170 Å². The van der Waals surface area contributed by atoms with Gasteiger partial charge in [0.15, 0.2) is 0 Å². The number of carbonyl (C=O) groups is 1. The summed E-state index contributed by atoms with van der Waals surface area (Å²) in [4.78, 5) is 26.0. The molecule has 0 unspecified atom stereocenters. The third kappa shape index (κ3) is 4.30. The monoisotopic (exact) mass is 391 g/mol. The Morgan fingerprint density at radius 2 is 1.76 bits per heavy atom. The summed E-state index contributed by atoms with van der Waals surface area (Å²) in [5.41, 5.74) is 7.63. The summed E-state index contributed by atoms with van der Waals surface area (Å²) in [7, 11) is 0. The van der Waals surface area contributed by atoms with E-state index in [1.54, 1.807) is 0 Å². The molecular weight excluding hydrogens is 366 g/mol. The minimum atomic E-state index is 0.0545. The number of benzene rings is 2. The standard InChI is InChI=1S/C22H25N5O2/c1-2-29-17-9-7-16(8-10-17)22(28)27-13-11-26(12-14-27)15-20-24-19-6-4-3-5-18(19)21(23)25-20/h3-10H,2,11-15H2,1H3,(H2,23,24,25). The van der Waals surface area contributed by atoms with Crippen molar-refractivity contribution in [3.8, 4) is 5.75 Å². The fourth-order valence-electron chi connectivity index (χ4n) is 3.57. The summed E-state index contributed by atoms with van der Waals surface area (Å²) in [6, 6.07) is 15.1. The molecule has 1 fully saturated rings. The molecule has 0 bridgehead atoms. The lowest BCUT2D eigenvalue weighted by atomic mass is 10.1. The van der Waals surface area contributed by atoms with Gasteiger partial charge in [0.25, 0.3) is 5.91 Å². The number of nitrogens with zero attached hydrogens (tertiary/aromatic N) is 4. The number of anilines is 1. The molecule has 29 heavy (non-hydrogen) atoms. The van der Waals surface area contributed by atoms with Crippen molar-refractivity contribution in [2.45, 2.75) is 13.5 Å². The van der Waals surface area contributed by atoms with Gasteiger partial charge in [0, 0.05) is 37.1 Å². The summed E-state index contributed by atoms with van der Waals surface area (Å²) in [5.74, 6) is 2.06. The highest BCUT2D eigenvalue weighted by Gasteiger charge is 2.23. The van der Waals surface area contributed by atoms with Crippen molar-refractivity contribution in [3.05, 3.63) is 59.9 Å². The van der Waals surface area contributed by atoms with E-state index in [4.69, 9.17) is 10.5 Å². The minimum absolute atomic E-state index is 0.0545. The largest absolute Gasteiger partial charge is 0.494 e. The van der Waals surface area contributed by atoms with Crippen molar-refractivity contribution >= 4 is 22.6 Å². The number of nitrogens with two attached hydrogens (primary N) is 1. The number of amides is 1. The summed E-state index contributed by atoms with van der Waals surface area (Å²) in [6.45, 7) is 6.08. The molecule has 1 aliphatic rings. The molecule has 2 N–H and O–H groups in total. The molecule has 1 aromatic heterocycles. The molecule has 0 aliphatic carbocycles. The third-order valence-corrected chi connectivity index (χ3v) is 5.12. The number of ether oxygens (including phenoxy) is 1. The quantitative estimate of drug-likeness (QED) is 0.720. The van der Waals surface area contributed by atoms with Crippen LogP contribution in [0.25, 0.3) is 10.9 Å². The molecule has 2 aromatic carbocycles. The zero-order valence-electron chi connectivity index (χ0n) is 16.5. The third-order valence-electron chi connectivity index (χ3n) is 5.12. The van der Waals surface area contributed by atoms with Crippen molar-refractivity contribution in [1.29, 1.82) is 0 Å². The van der Waals surface area contributed by atoms with Gasteiger partial charge in [0.1, 0.15) is 17.4 Å². The Hall–Kier alpha value is -3.19. The number of piperazine rings is 1. The topological polar surface area (TPSA) is 84.6 Å². The summed E-state index contributed by atoms with van der Waals surface area (Å²) < 4.78 is 5.44. The van der Waals surface area contributed by atoms with E-state index in [0.29, 0.717) is 43.4 Å². The van der Waals surface area contributed by atoms with Crippen LogP contribution in [0, 0.1) is 0 Å². The van der Waals surface area contributed by atoms with Gasteiger partial charge in [-0.05, 0) is 43.3 Å². The van der Waals surface area contributed by atoms with Gasteiger partial charge in [0.05, 0.1) is 18.7 Å². The SMILES string of the molecule is CCOc1ccc(C(=O)N2CCN(Cc3nc(N)c4ccccc4n3)CC2)cc1. The van der Waals surface area contributed by atoms with E-state index < -0.39 is 0 Å². The van der Waals surface area contributed by atoms with Gasteiger partial charge in [-0.15, -0.1) is 0 Å². The number of aromatic nitrogens is 2. The second-order valence-corrected chi connectivity index (χ2v) is 7.07. The molecule has 1 aliphatic heterocycles. The first kappa shape index (κ1) is 19.1. The predicted octanol–water partition coefficient (Wildman–Crippen LogP) is 2.57. The van der Waals surface area contributed by atoms with Gasteiger partial charge < -0.3 is 15.4 Å². The van der Waals surface area contributed by atoms with Gasteiger partial charge in [-0.2, -0.15) is 0 Å². The van der Waals surface area contributed by atoms with Crippen LogP contribution in [-0.4, -0.2) is 58.5 Å². The highest BCUT2D eigenvalue weighted by molar-refractivity contribution is 5.94. The molecule has 0 saturated carbocycles. The van der Waals surface area contributed by atoms with E-state index in [9.17, 15) is 4.79 Å². The first-order chi connectivity index (χ1) is 14.1. The first-order valence-electron chi connectivity index (χ1n) is 9.89. The van der Waals surface area contributed by atoms with Crippen molar-refractivity contribution in [3.63, 3.8) is 0 Å². The Morgan fingerprint density at radius 3 is 2.48 bits per heavy atom. The van der Waals surface area contributed by atoms with Crippen molar-refractivity contribution in [2.75, 3.05) is 38.5 Å². The highest BCUT2D eigenvalue weighted by Crippen LogP contribution is 2.19. The molecule has 150 valence electrons. The number of nitrogen functional groups attached to an aromatic ring is 1. The summed E-state index contributed by atoms with van der Waals surface area (Å²) in [5, 5.41) is 0.877. The summed E-state index contributed by atoms with van der Waals surface area (Å²) in [6.07, 6.45) is 0. The average molecular weight is 391 g/mol. The number of para-hydroxylation sites is 1. The van der Waals surface area contributed by atoms with Gasteiger partial charge in [-0.3, -0.25) is 9.69 Å². The first-order valence-corrected chi connectivity index (χ1v) is 9.89. The molecule has 0 spiro atoms. The molecule has 7 nitrogen and oxygen atoms in total.